The van der Waals surface area contributed by atoms with Gasteiger partial charge in [-0.2, -0.15) is 0 Å². The topological polar surface area (TPSA) is 3.88 Å². The van der Waals surface area contributed by atoms with Gasteiger partial charge in [0, 0.05) is 17.7 Å². The molecule has 0 radical (unpaired) electrons. The molecule has 0 amide bonds. The van der Waals surface area contributed by atoms with Crippen molar-refractivity contribution in [2.75, 3.05) is 0 Å². The summed E-state index contributed by atoms with van der Waals surface area (Å²) in [4.78, 5) is 0. The second-order valence-corrected chi connectivity index (χ2v) is 12.3. The first-order valence-electron chi connectivity index (χ1n) is 9.29. The smallest absolute Gasteiger partial charge is 0.201 e. The highest BCUT2D eigenvalue weighted by Crippen LogP contribution is 2.37. The molecule has 1 spiro atoms. The SMILES string of the molecule is Cc1cc2c(cc1-c1cccc[n+]1C)CCC[Si]21CCCCC1. The van der Waals surface area contributed by atoms with E-state index in [-0.39, 0.29) is 0 Å². The highest BCUT2D eigenvalue weighted by molar-refractivity contribution is 6.92. The van der Waals surface area contributed by atoms with Crippen LogP contribution in [0, 0.1) is 6.92 Å². The molecule has 1 aromatic carbocycles. The van der Waals surface area contributed by atoms with Crippen molar-refractivity contribution in [3.63, 3.8) is 0 Å². The minimum absolute atomic E-state index is 1.17. The number of fused-ring (bicyclic) bond motifs is 2. The second kappa shape index (κ2) is 5.90. The van der Waals surface area contributed by atoms with E-state index in [4.69, 9.17) is 0 Å². The summed E-state index contributed by atoms with van der Waals surface area (Å²) in [6.07, 6.45) is 9.34. The van der Waals surface area contributed by atoms with Gasteiger partial charge in [-0.05, 0) is 36.6 Å². The van der Waals surface area contributed by atoms with Crippen LogP contribution in [-0.2, 0) is 13.5 Å². The molecule has 2 heteroatoms. The Balaban J connectivity index is 1.84. The van der Waals surface area contributed by atoms with Crippen LogP contribution in [0.15, 0.2) is 36.5 Å². The van der Waals surface area contributed by atoms with Gasteiger partial charge in [0.05, 0.1) is 8.07 Å². The fourth-order valence-corrected chi connectivity index (χ4v) is 10.7. The van der Waals surface area contributed by atoms with E-state index in [2.05, 4.69) is 55.1 Å². The van der Waals surface area contributed by atoms with E-state index in [9.17, 15) is 0 Å². The molecule has 0 saturated carbocycles. The van der Waals surface area contributed by atoms with Crippen molar-refractivity contribution in [3.05, 3.63) is 47.7 Å². The zero-order valence-corrected chi connectivity index (χ0v) is 15.6. The maximum atomic E-state index is 2.61. The van der Waals surface area contributed by atoms with E-state index in [1.165, 1.54) is 48.9 Å². The Bertz CT molecular complexity index is 729. The lowest BCUT2D eigenvalue weighted by molar-refractivity contribution is -0.660. The van der Waals surface area contributed by atoms with Crippen molar-refractivity contribution in [1.29, 1.82) is 0 Å². The average molecular weight is 323 g/mol. The first kappa shape index (κ1) is 15.1. The molecular formula is C21H28NSi+. The fraction of sp³-hybridized carbons (Fsp3) is 0.476. The molecule has 2 aromatic rings. The molecule has 1 aromatic heterocycles. The van der Waals surface area contributed by atoms with Crippen LogP contribution in [0.3, 0.4) is 0 Å². The van der Waals surface area contributed by atoms with Gasteiger partial charge in [-0.3, -0.25) is 0 Å². The molecule has 0 bridgehead atoms. The molecule has 4 rings (SSSR count). The van der Waals surface area contributed by atoms with E-state index in [0.717, 1.165) is 0 Å². The monoisotopic (exact) mass is 322 g/mol. The highest BCUT2D eigenvalue weighted by Gasteiger charge is 2.40. The lowest BCUT2D eigenvalue weighted by Crippen LogP contribution is -2.52. The van der Waals surface area contributed by atoms with Crippen molar-refractivity contribution in [2.24, 2.45) is 7.05 Å². The Labute approximate surface area is 141 Å². The van der Waals surface area contributed by atoms with Crippen LogP contribution < -0.4 is 9.75 Å². The maximum Gasteiger partial charge on any atom is 0.212 e. The largest absolute Gasteiger partial charge is 0.212 e. The fourth-order valence-electron chi connectivity index (χ4n) is 5.03. The number of aromatic nitrogens is 1. The number of pyridine rings is 1. The van der Waals surface area contributed by atoms with Crippen molar-refractivity contribution in [3.8, 4) is 11.3 Å². The van der Waals surface area contributed by atoms with Crippen LogP contribution >= 0.6 is 0 Å². The van der Waals surface area contributed by atoms with E-state index < -0.39 is 8.07 Å². The number of rotatable bonds is 1. The van der Waals surface area contributed by atoms with Gasteiger partial charge >= 0.3 is 0 Å². The molecule has 2 aliphatic heterocycles. The Hall–Kier alpha value is -1.41. The van der Waals surface area contributed by atoms with Gasteiger partial charge in [0.25, 0.3) is 0 Å². The number of aryl methyl sites for hydroxylation is 3. The highest BCUT2D eigenvalue weighted by atomic mass is 28.3. The minimum atomic E-state index is -1.17. The first-order valence-corrected chi connectivity index (χ1v) is 11.9. The van der Waals surface area contributed by atoms with Crippen LogP contribution in [0.4, 0.5) is 0 Å². The van der Waals surface area contributed by atoms with Crippen molar-refractivity contribution in [2.45, 2.75) is 57.2 Å². The van der Waals surface area contributed by atoms with Gasteiger partial charge in [0.15, 0.2) is 6.20 Å². The molecule has 23 heavy (non-hydrogen) atoms. The number of hydrogen-bond donors (Lipinski definition) is 0. The van der Waals surface area contributed by atoms with Crippen LogP contribution in [0.2, 0.25) is 18.1 Å². The third-order valence-electron chi connectivity index (χ3n) is 6.26. The molecule has 3 heterocycles. The summed E-state index contributed by atoms with van der Waals surface area (Å²) in [5.41, 5.74) is 5.95. The quantitative estimate of drug-likeness (QED) is 0.545. The third kappa shape index (κ3) is 2.57. The zero-order valence-electron chi connectivity index (χ0n) is 14.6. The Kier molecular flexibility index (Phi) is 3.88. The van der Waals surface area contributed by atoms with Crippen LogP contribution in [-0.4, -0.2) is 8.07 Å². The summed E-state index contributed by atoms with van der Waals surface area (Å²) >= 11 is 0. The first-order chi connectivity index (χ1) is 11.2. The molecule has 0 unspecified atom stereocenters. The molecule has 0 N–H and O–H groups in total. The van der Waals surface area contributed by atoms with Gasteiger partial charge in [-0.15, -0.1) is 0 Å². The molecule has 1 fully saturated rings. The van der Waals surface area contributed by atoms with E-state index in [1.54, 1.807) is 23.7 Å². The summed E-state index contributed by atoms with van der Waals surface area (Å²) < 4.78 is 2.26. The number of hydrogen-bond acceptors (Lipinski definition) is 0. The molecule has 0 atom stereocenters. The number of benzene rings is 1. The second-order valence-electron chi connectivity index (χ2n) is 7.72. The van der Waals surface area contributed by atoms with Gasteiger partial charge in [-0.25, -0.2) is 4.57 Å². The lowest BCUT2D eigenvalue weighted by Gasteiger charge is -2.40. The van der Waals surface area contributed by atoms with Gasteiger partial charge < -0.3 is 0 Å². The zero-order chi connectivity index (χ0) is 15.9. The number of nitrogens with zero attached hydrogens (tertiary/aromatic N) is 1. The summed E-state index contributed by atoms with van der Waals surface area (Å²) in [7, 11) is 0.992. The maximum absolute atomic E-state index is 2.61. The van der Waals surface area contributed by atoms with E-state index >= 15 is 0 Å². The molecule has 2 aliphatic rings. The Morgan fingerprint density at radius 2 is 1.74 bits per heavy atom. The van der Waals surface area contributed by atoms with E-state index in [1.807, 2.05) is 5.19 Å². The van der Waals surface area contributed by atoms with Crippen molar-refractivity contribution in [1.82, 2.24) is 0 Å². The lowest BCUT2D eigenvalue weighted by atomic mass is 9.99. The van der Waals surface area contributed by atoms with Gasteiger partial charge in [-0.1, -0.05) is 55.1 Å². The Morgan fingerprint density at radius 3 is 2.52 bits per heavy atom. The third-order valence-corrected chi connectivity index (χ3v) is 11.8. The predicted octanol–water partition coefficient (Wildman–Crippen LogP) is 4.27. The minimum Gasteiger partial charge on any atom is -0.201 e. The molecule has 1 saturated heterocycles. The van der Waals surface area contributed by atoms with Crippen LogP contribution in [0.5, 0.6) is 0 Å². The average Bonchev–Trinajstić information content (AvgIpc) is 2.57. The van der Waals surface area contributed by atoms with Gasteiger partial charge in [0.1, 0.15) is 7.05 Å². The molecule has 1 nitrogen and oxygen atoms in total. The normalized spacial score (nSPS) is 19.6. The van der Waals surface area contributed by atoms with Gasteiger partial charge in [0.2, 0.25) is 5.69 Å². The predicted molar refractivity (Wildman–Crippen MR) is 99.8 cm³/mol. The van der Waals surface area contributed by atoms with Crippen LogP contribution in [0.1, 0.15) is 36.8 Å². The molecule has 0 aliphatic carbocycles. The summed E-state index contributed by atoms with van der Waals surface area (Å²) in [5.74, 6) is 0. The Morgan fingerprint density at radius 1 is 0.957 bits per heavy atom. The van der Waals surface area contributed by atoms with Crippen LogP contribution in [0.25, 0.3) is 11.3 Å². The van der Waals surface area contributed by atoms with E-state index in [0.29, 0.717) is 0 Å². The standard InChI is InChI=1S/C21H28NSi/c1-17-15-21-18(9-8-14-23(21)12-6-3-7-13-23)16-19(17)20-10-4-5-11-22(20)2/h4-5,10-11,15-16H,3,6-9,12-14H2,1-2H3/q+1. The van der Waals surface area contributed by atoms with Crippen molar-refractivity contribution >= 4 is 13.3 Å². The summed E-state index contributed by atoms with van der Waals surface area (Å²) in [6.45, 7) is 2.32. The summed E-state index contributed by atoms with van der Waals surface area (Å²) in [5, 5.41) is 1.84. The summed E-state index contributed by atoms with van der Waals surface area (Å²) in [6, 6.07) is 16.3. The van der Waals surface area contributed by atoms with Crippen molar-refractivity contribution < 1.29 is 4.57 Å². The molecular weight excluding hydrogens is 294 g/mol. The molecule has 120 valence electrons.